The van der Waals surface area contributed by atoms with Crippen LogP contribution in [0.1, 0.15) is 19.8 Å². The lowest BCUT2D eigenvalue weighted by Gasteiger charge is -1.97. The van der Waals surface area contributed by atoms with Crippen LogP contribution in [-0.4, -0.2) is 41.5 Å². The van der Waals surface area contributed by atoms with E-state index < -0.39 is 10.4 Å². The summed E-state index contributed by atoms with van der Waals surface area (Å²) in [5, 5.41) is 0.670. The number of nitrogens with zero attached hydrogens (tertiary/aromatic N) is 1. The predicted octanol–water partition coefficient (Wildman–Crippen LogP) is 0.140. The van der Waals surface area contributed by atoms with Crippen LogP contribution >= 0.6 is 11.8 Å². The molecule has 0 bridgehead atoms. The summed E-state index contributed by atoms with van der Waals surface area (Å²) in [6.07, 6.45) is 2.28. The van der Waals surface area contributed by atoms with Gasteiger partial charge in [-0.05, 0) is 6.42 Å². The predicted molar refractivity (Wildman–Crippen MR) is 67.1 cm³/mol. The number of unbranched alkanes of at least 4 members (excludes halogenated alkanes) is 1. The largest absolute Gasteiger partial charge is 0.394 e. The number of nitrogens with two attached hydrogens (primary N) is 2. The summed E-state index contributed by atoms with van der Waals surface area (Å²) in [4.78, 5) is 4.15. The SMILES string of the molecule is CCCCN=C(N)SCCN.O=S(=O)(O)O. The fourth-order valence-electron chi connectivity index (χ4n) is 0.557. The van der Waals surface area contributed by atoms with Crippen molar-refractivity contribution in [2.24, 2.45) is 16.5 Å². The lowest BCUT2D eigenvalue weighted by molar-refractivity contribution is 0.381. The van der Waals surface area contributed by atoms with Crippen LogP contribution in [-0.2, 0) is 10.4 Å². The van der Waals surface area contributed by atoms with Gasteiger partial charge in [0.05, 0.1) is 0 Å². The molecule has 0 spiro atoms. The van der Waals surface area contributed by atoms with Crippen LogP contribution in [0.15, 0.2) is 4.99 Å². The maximum Gasteiger partial charge on any atom is 0.394 e. The molecule has 0 fully saturated rings. The number of thioether (sulfide) groups is 1. The molecule has 0 aromatic carbocycles. The molecule has 0 aliphatic rings. The van der Waals surface area contributed by atoms with E-state index in [0.717, 1.165) is 18.7 Å². The van der Waals surface area contributed by atoms with Gasteiger partial charge < -0.3 is 11.5 Å². The standard InChI is InChI=1S/C7H17N3S.H2O4S/c1-2-3-5-10-7(9)11-6-4-8;1-5(2,3)4/h2-6,8H2,1H3,(H2,9,10);(H2,1,2,3,4). The van der Waals surface area contributed by atoms with E-state index in [9.17, 15) is 0 Å². The fourth-order valence-corrected chi connectivity index (χ4v) is 1.07. The summed E-state index contributed by atoms with van der Waals surface area (Å²) >= 11 is 1.53. The lowest BCUT2D eigenvalue weighted by atomic mass is 10.3. The average Bonchev–Trinajstić information content (AvgIpc) is 2.12. The van der Waals surface area contributed by atoms with E-state index in [1.807, 2.05) is 0 Å². The highest BCUT2D eigenvalue weighted by Crippen LogP contribution is 1.98. The molecule has 0 atom stereocenters. The normalized spacial score (nSPS) is 11.9. The molecular formula is C7H19N3O4S2. The Morgan fingerprint density at radius 2 is 1.94 bits per heavy atom. The Bertz CT molecular complexity index is 271. The molecule has 0 rings (SSSR count). The van der Waals surface area contributed by atoms with E-state index in [0.29, 0.717) is 11.7 Å². The maximum atomic E-state index is 8.74. The molecule has 0 amide bonds. The lowest BCUT2D eigenvalue weighted by Crippen LogP contribution is -2.11. The zero-order chi connectivity index (χ0) is 13.0. The van der Waals surface area contributed by atoms with Gasteiger partial charge in [-0.3, -0.25) is 14.1 Å². The van der Waals surface area contributed by atoms with Crippen LogP contribution in [0.3, 0.4) is 0 Å². The van der Waals surface area contributed by atoms with Crippen LogP contribution in [0, 0.1) is 0 Å². The first-order valence-corrected chi connectivity index (χ1v) is 7.02. The molecule has 0 saturated heterocycles. The summed E-state index contributed by atoms with van der Waals surface area (Å²) in [7, 11) is -4.67. The van der Waals surface area contributed by atoms with Gasteiger partial charge in [-0.25, -0.2) is 0 Å². The number of rotatable bonds is 5. The third-order valence-corrected chi connectivity index (χ3v) is 2.01. The number of amidine groups is 1. The summed E-state index contributed by atoms with van der Waals surface area (Å²) in [6, 6.07) is 0. The van der Waals surface area contributed by atoms with Gasteiger partial charge in [0.2, 0.25) is 0 Å². The molecule has 0 aliphatic heterocycles. The van der Waals surface area contributed by atoms with Crippen LogP contribution in [0.25, 0.3) is 0 Å². The van der Waals surface area contributed by atoms with Crippen molar-refractivity contribution in [2.75, 3.05) is 18.8 Å². The van der Waals surface area contributed by atoms with Gasteiger partial charge >= 0.3 is 10.4 Å². The number of aliphatic imine (C=N–C) groups is 1. The van der Waals surface area contributed by atoms with Gasteiger partial charge in [0, 0.05) is 18.8 Å². The highest BCUT2D eigenvalue weighted by atomic mass is 32.3. The topological polar surface area (TPSA) is 139 Å². The molecule has 16 heavy (non-hydrogen) atoms. The maximum absolute atomic E-state index is 8.74. The molecule has 0 heterocycles. The van der Waals surface area contributed by atoms with E-state index in [1.165, 1.54) is 18.2 Å². The van der Waals surface area contributed by atoms with Crippen molar-refractivity contribution >= 4 is 27.3 Å². The van der Waals surface area contributed by atoms with Crippen molar-refractivity contribution in [3.63, 3.8) is 0 Å². The van der Waals surface area contributed by atoms with E-state index in [-0.39, 0.29) is 0 Å². The Morgan fingerprint density at radius 3 is 2.31 bits per heavy atom. The van der Waals surface area contributed by atoms with Gasteiger partial charge in [0.15, 0.2) is 5.17 Å². The summed E-state index contributed by atoms with van der Waals surface area (Å²) in [5.74, 6) is 0.863. The van der Waals surface area contributed by atoms with Gasteiger partial charge in [0.25, 0.3) is 0 Å². The van der Waals surface area contributed by atoms with Crippen LogP contribution in [0.2, 0.25) is 0 Å². The third kappa shape index (κ3) is 29.2. The third-order valence-electron chi connectivity index (χ3n) is 1.15. The molecular weight excluding hydrogens is 254 g/mol. The van der Waals surface area contributed by atoms with Gasteiger partial charge in [0.1, 0.15) is 0 Å². The van der Waals surface area contributed by atoms with Crippen LogP contribution in [0.5, 0.6) is 0 Å². The van der Waals surface area contributed by atoms with E-state index in [4.69, 9.17) is 29.0 Å². The summed E-state index contributed by atoms with van der Waals surface area (Å²) in [6.45, 7) is 3.65. The van der Waals surface area contributed by atoms with E-state index in [2.05, 4.69) is 11.9 Å². The van der Waals surface area contributed by atoms with Gasteiger partial charge in [-0.1, -0.05) is 25.1 Å². The molecule has 98 valence electrons. The smallest absolute Gasteiger partial charge is 0.379 e. The van der Waals surface area contributed by atoms with Crippen molar-refractivity contribution in [3.05, 3.63) is 0 Å². The van der Waals surface area contributed by atoms with Crippen molar-refractivity contribution in [2.45, 2.75) is 19.8 Å². The highest BCUT2D eigenvalue weighted by Gasteiger charge is 1.90. The molecule has 0 aliphatic carbocycles. The van der Waals surface area contributed by atoms with Crippen molar-refractivity contribution in [1.29, 1.82) is 0 Å². The van der Waals surface area contributed by atoms with Gasteiger partial charge in [-0.2, -0.15) is 8.42 Å². The van der Waals surface area contributed by atoms with E-state index in [1.54, 1.807) is 0 Å². The fraction of sp³-hybridized carbons (Fsp3) is 0.857. The van der Waals surface area contributed by atoms with Gasteiger partial charge in [-0.15, -0.1) is 0 Å². The minimum atomic E-state index is -4.67. The Balaban J connectivity index is 0. The first-order chi connectivity index (χ1) is 7.31. The number of hydrogen-bond acceptors (Lipinski definition) is 5. The average molecular weight is 273 g/mol. The second-order valence-electron chi connectivity index (χ2n) is 2.66. The zero-order valence-electron chi connectivity index (χ0n) is 9.16. The van der Waals surface area contributed by atoms with Crippen molar-refractivity contribution in [3.8, 4) is 0 Å². The minimum Gasteiger partial charge on any atom is -0.379 e. The Morgan fingerprint density at radius 1 is 1.44 bits per heavy atom. The van der Waals surface area contributed by atoms with Crippen molar-refractivity contribution in [1.82, 2.24) is 0 Å². The second kappa shape index (κ2) is 11.1. The van der Waals surface area contributed by atoms with E-state index >= 15 is 0 Å². The first kappa shape index (κ1) is 18.0. The highest BCUT2D eigenvalue weighted by molar-refractivity contribution is 8.13. The second-order valence-corrected chi connectivity index (χ2v) is 4.67. The molecule has 0 aromatic heterocycles. The monoisotopic (exact) mass is 273 g/mol. The Hall–Kier alpha value is -0.350. The Labute approximate surface area is 100 Å². The Kier molecular flexibility index (Phi) is 12.6. The van der Waals surface area contributed by atoms with Crippen molar-refractivity contribution < 1.29 is 17.5 Å². The number of hydrogen-bond donors (Lipinski definition) is 4. The molecule has 0 saturated carbocycles. The molecule has 0 radical (unpaired) electrons. The zero-order valence-corrected chi connectivity index (χ0v) is 10.8. The first-order valence-electron chi connectivity index (χ1n) is 4.64. The minimum absolute atomic E-state index is 0.661. The summed E-state index contributed by atoms with van der Waals surface area (Å²) in [5.41, 5.74) is 10.9. The molecule has 0 unspecified atom stereocenters. The molecule has 0 aromatic rings. The molecule has 9 heteroatoms. The molecule has 7 nitrogen and oxygen atoms in total. The van der Waals surface area contributed by atoms with Crippen LogP contribution < -0.4 is 11.5 Å². The summed E-state index contributed by atoms with van der Waals surface area (Å²) < 4.78 is 31.6. The quantitative estimate of drug-likeness (QED) is 0.242. The van der Waals surface area contributed by atoms with Crippen LogP contribution in [0.4, 0.5) is 0 Å². The molecule has 6 N–H and O–H groups in total.